The number of hydrogen-bond acceptors (Lipinski definition) is 5. The number of rotatable bonds is 19. The number of ether oxygens (including phenoxy) is 1. The van der Waals surface area contributed by atoms with Gasteiger partial charge in [0.05, 0.1) is 0 Å². The topological polar surface area (TPSA) is 118 Å². The lowest BCUT2D eigenvalue weighted by atomic mass is 10.0. The molecule has 0 aliphatic carbocycles. The zero-order valence-electron chi connectivity index (χ0n) is 21.9. The van der Waals surface area contributed by atoms with Gasteiger partial charge < -0.3 is 4.74 Å². The standard InChI is InChI=1S/C28H42O7S2/c1-2-3-4-5-6-7-8-9-10-11-12-13-14-15-18-24-21-22-26(28(23-24)37(32,33)34)35-25-19-16-17-20-27(25)36(29,30)31/h16-17,19-23H,2-15,18H2,1H3,(H,29,30,31)(H,32,33,34). The fraction of sp³-hybridized carbons (Fsp3) is 0.571. The Labute approximate surface area is 223 Å². The molecular formula is C28H42O7S2. The molecule has 0 heterocycles. The van der Waals surface area contributed by atoms with Gasteiger partial charge >= 0.3 is 0 Å². The molecule has 0 aliphatic rings. The van der Waals surface area contributed by atoms with Crippen molar-refractivity contribution < 1.29 is 30.7 Å². The predicted molar refractivity (Wildman–Crippen MR) is 147 cm³/mol. The average Bonchev–Trinajstić information content (AvgIpc) is 2.84. The number of aryl methyl sites for hydroxylation is 1. The molecule has 2 rings (SSSR count). The first-order valence-electron chi connectivity index (χ1n) is 13.5. The van der Waals surface area contributed by atoms with Gasteiger partial charge in [0.2, 0.25) is 0 Å². The molecular weight excluding hydrogens is 512 g/mol. The van der Waals surface area contributed by atoms with Crippen LogP contribution in [-0.4, -0.2) is 25.9 Å². The van der Waals surface area contributed by atoms with E-state index in [0.29, 0.717) is 6.42 Å². The summed E-state index contributed by atoms with van der Waals surface area (Å²) in [5, 5.41) is 0. The van der Waals surface area contributed by atoms with Crippen molar-refractivity contribution in [1.82, 2.24) is 0 Å². The van der Waals surface area contributed by atoms with E-state index in [2.05, 4.69) is 6.92 Å². The van der Waals surface area contributed by atoms with E-state index in [0.717, 1.165) is 30.9 Å². The maximum absolute atomic E-state index is 12.0. The van der Waals surface area contributed by atoms with E-state index in [1.54, 1.807) is 6.07 Å². The lowest BCUT2D eigenvalue weighted by molar-refractivity contribution is 0.434. The zero-order valence-corrected chi connectivity index (χ0v) is 23.5. The summed E-state index contributed by atoms with van der Waals surface area (Å²) in [7, 11) is -9.20. The molecule has 0 saturated heterocycles. The highest BCUT2D eigenvalue weighted by Gasteiger charge is 2.22. The summed E-state index contributed by atoms with van der Waals surface area (Å²) < 4.78 is 71.8. The van der Waals surface area contributed by atoms with Gasteiger partial charge in [-0.3, -0.25) is 9.11 Å². The average molecular weight is 555 g/mol. The molecule has 0 atom stereocenters. The van der Waals surface area contributed by atoms with Gasteiger partial charge in [-0.05, 0) is 42.7 Å². The third-order valence-corrected chi connectivity index (χ3v) is 8.22. The second-order valence-electron chi connectivity index (χ2n) is 9.63. The monoisotopic (exact) mass is 554 g/mol. The van der Waals surface area contributed by atoms with Crippen molar-refractivity contribution in [2.24, 2.45) is 0 Å². The number of benzene rings is 2. The quantitative estimate of drug-likeness (QED) is 0.133. The minimum Gasteiger partial charge on any atom is -0.454 e. The third-order valence-electron chi connectivity index (χ3n) is 6.45. The van der Waals surface area contributed by atoms with Crippen molar-refractivity contribution in [1.29, 1.82) is 0 Å². The van der Waals surface area contributed by atoms with Crippen molar-refractivity contribution in [2.75, 3.05) is 0 Å². The molecule has 2 aromatic carbocycles. The maximum atomic E-state index is 12.0. The molecule has 208 valence electrons. The van der Waals surface area contributed by atoms with Crippen LogP contribution in [0.25, 0.3) is 0 Å². The molecule has 0 spiro atoms. The summed E-state index contributed by atoms with van der Waals surface area (Å²) in [6.45, 7) is 2.24. The summed E-state index contributed by atoms with van der Waals surface area (Å²) in [4.78, 5) is -0.941. The third kappa shape index (κ3) is 12.0. The first-order valence-corrected chi connectivity index (χ1v) is 16.4. The zero-order chi connectivity index (χ0) is 27.2. The second kappa shape index (κ2) is 16.1. The fourth-order valence-electron chi connectivity index (χ4n) is 4.38. The van der Waals surface area contributed by atoms with Crippen LogP contribution in [0.15, 0.2) is 52.3 Å². The molecule has 0 saturated carbocycles. The predicted octanol–water partition coefficient (Wildman–Crippen LogP) is 8.00. The van der Waals surface area contributed by atoms with E-state index in [1.165, 1.54) is 101 Å². The van der Waals surface area contributed by atoms with Crippen LogP contribution in [-0.2, 0) is 26.7 Å². The second-order valence-corrected chi connectivity index (χ2v) is 12.4. The lowest BCUT2D eigenvalue weighted by Gasteiger charge is -2.13. The van der Waals surface area contributed by atoms with E-state index in [4.69, 9.17) is 4.74 Å². The normalized spacial score (nSPS) is 12.1. The van der Waals surface area contributed by atoms with E-state index < -0.39 is 30.0 Å². The van der Waals surface area contributed by atoms with E-state index in [1.807, 2.05) is 0 Å². The lowest BCUT2D eigenvalue weighted by Crippen LogP contribution is -2.05. The Morgan fingerprint density at radius 3 is 1.57 bits per heavy atom. The summed E-state index contributed by atoms with van der Waals surface area (Å²) in [5.41, 5.74) is 0.738. The van der Waals surface area contributed by atoms with Gasteiger partial charge in [-0.2, -0.15) is 16.8 Å². The van der Waals surface area contributed by atoms with Crippen LogP contribution in [0.3, 0.4) is 0 Å². The van der Waals surface area contributed by atoms with Crippen LogP contribution in [0.1, 0.15) is 102 Å². The van der Waals surface area contributed by atoms with Gasteiger partial charge in [-0.25, -0.2) is 0 Å². The number of para-hydroxylation sites is 1. The summed E-state index contributed by atoms with van der Waals surface area (Å²) >= 11 is 0. The maximum Gasteiger partial charge on any atom is 0.298 e. The fourth-order valence-corrected chi connectivity index (χ4v) is 5.66. The highest BCUT2D eigenvalue weighted by atomic mass is 32.2. The SMILES string of the molecule is CCCCCCCCCCCCCCCCc1ccc(Oc2ccccc2S(=O)(=O)O)c(S(=O)(=O)O)c1. The molecule has 0 bridgehead atoms. The van der Waals surface area contributed by atoms with E-state index >= 15 is 0 Å². The van der Waals surface area contributed by atoms with Gasteiger partial charge in [0, 0.05) is 0 Å². The Bertz CT molecular complexity index is 1160. The molecule has 0 aromatic heterocycles. The van der Waals surface area contributed by atoms with Crippen molar-refractivity contribution in [2.45, 2.75) is 113 Å². The molecule has 37 heavy (non-hydrogen) atoms. The summed E-state index contributed by atoms with van der Waals surface area (Å²) in [5.74, 6) is -0.460. The van der Waals surface area contributed by atoms with Crippen molar-refractivity contribution in [3.05, 3.63) is 48.0 Å². The van der Waals surface area contributed by atoms with Crippen LogP contribution in [0.2, 0.25) is 0 Å². The van der Waals surface area contributed by atoms with Gasteiger partial charge in [0.15, 0.2) is 0 Å². The summed E-state index contributed by atoms with van der Waals surface area (Å²) in [6.07, 6.45) is 18.2. The molecule has 0 radical (unpaired) electrons. The Hall–Kier alpha value is -1.94. The van der Waals surface area contributed by atoms with Crippen LogP contribution in [0, 0.1) is 0 Å². The molecule has 2 aromatic rings. The Kier molecular flexibility index (Phi) is 13.6. The van der Waals surface area contributed by atoms with Gasteiger partial charge in [0.25, 0.3) is 20.2 Å². The first kappa shape index (κ1) is 31.3. The molecule has 0 aliphatic heterocycles. The molecule has 9 heteroatoms. The Morgan fingerprint density at radius 2 is 1.05 bits per heavy atom. The Balaban J connectivity index is 1.78. The number of unbranched alkanes of at least 4 members (excludes halogenated alkanes) is 13. The van der Waals surface area contributed by atoms with Gasteiger partial charge in [-0.15, -0.1) is 0 Å². The largest absolute Gasteiger partial charge is 0.454 e. The molecule has 2 N–H and O–H groups in total. The number of hydrogen-bond donors (Lipinski definition) is 2. The van der Waals surface area contributed by atoms with Gasteiger partial charge in [-0.1, -0.05) is 109 Å². The van der Waals surface area contributed by atoms with Crippen LogP contribution in [0.4, 0.5) is 0 Å². The van der Waals surface area contributed by atoms with Crippen molar-refractivity contribution in [3.63, 3.8) is 0 Å². The van der Waals surface area contributed by atoms with Crippen molar-refractivity contribution >= 4 is 20.2 Å². The highest BCUT2D eigenvalue weighted by molar-refractivity contribution is 7.86. The molecule has 7 nitrogen and oxygen atoms in total. The van der Waals surface area contributed by atoms with E-state index in [-0.39, 0.29) is 11.5 Å². The molecule has 0 amide bonds. The molecule has 0 fully saturated rings. The summed E-state index contributed by atoms with van der Waals surface area (Å²) in [6, 6.07) is 9.76. The first-order chi connectivity index (χ1) is 17.6. The minimum atomic E-state index is -4.62. The molecule has 0 unspecified atom stereocenters. The Morgan fingerprint density at radius 1 is 0.595 bits per heavy atom. The van der Waals surface area contributed by atoms with Crippen molar-refractivity contribution in [3.8, 4) is 11.5 Å². The van der Waals surface area contributed by atoms with Crippen LogP contribution in [0.5, 0.6) is 11.5 Å². The minimum absolute atomic E-state index is 0.219. The van der Waals surface area contributed by atoms with Gasteiger partial charge in [0.1, 0.15) is 21.3 Å². The van der Waals surface area contributed by atoms with Crippen LogP contribution < -0.4 is 4.74 Å². The smallest absolute Gasteiger partial charge is 0.298 e. The highest BCUT2D eigenvalue weighted by Crippen LogP contribution is 2.33. The van der Waals surface area contributed by atoms with E-state index in [9.17, 15) is 25.9 Å². The van der Waals surface area contributed by atoms with Crippen LogP contribution >= 0.6 is 0 Å².